The van der Waals surface area contributed by atoms with Crippen molar-refractivity contribution in [2.24, 2.45) is 0 Å². The normalized spacial score (nSPS) is 14.5. The number of aromatic nitrogens is 1. The van der Waals surface area contributed by atoms with Crippen LogP contribution in [-0.2, 0) is 5.41 Å². The van der Waals surface area contributed by atoms with E-state index in [9.17, 15) is 0 Å². The van der Waals surface area contributed by atoms with E-state index in [1.54, 1.807) is 0 Å². The minimum atomic E-state index is -0.475. The van der Waals surface area contributed by atoms with E-state index in [4.69, 9.17) is 0 Å². The fraction of sp³-hybridized carbons (Fsp3) is 0.0333. The van der Waals surface area contributed by atoms with Crippen LogP contribution in [0.5, 0.6) is 0 Å². The van der Waals surface area contributed by atoms with Crippen LogP contribution in [0.15, 0.2) is 231 Å². The van der Waals surface area contributed by atoms with Crippen molar-refractivity contribution in [2.45, 2.75) is 11.3 Å². The lowest BCUT2D eigenvalue weighted by Gasteiger charge is -2.33. The number of para-hydroxylation sites is 1. The molecule has 1 heteroatoms. The molecule has 1 atom stereocenters. The molecule has 284 valence electrons. The van der Waals surface area contributed by atoms with Gasteiger partial charge in [-0.15, -0.1) is 0 Å². The fourth-order valence-corrected chi connectivity index (χ4v) is 11.2. The van der Waals surface area contributed by atoms with E-state index >= 15 is 0 Å². The van der Waals surface area contributed by atoms with Crippen molar-refractivity contribution in [1.82, 2.24) is 4.57 Å². The number of fused-ring (bicyclic) bond motifs is 11. The lowest BCUT2D eigenvalue weighted by atomic mass is 9.67. The third-order valence-electron chi connectivity index (χ3n) is 13.7. The Morgan fingerprint density at radius 3 is 1.79 bits per heavy atom. The molecule has 0 radical (unpaired) electrons. The molecule has 1 nitrogen and oxygen atoms in total. The zero-order chi connectivity index (χ0) is 40.1. The highest BCUT2D eigenvalue weighted by molar-refractivity contribution is 6.17. The molecule has 61 heavy (non-hydrogen) atoms. The summed E-state index contributed by atoms with van der Waals surface area (Å²) in [5.41, 5.74) is 20.1. The van der Waals surface area contributed by atoms with E-state index in [1.807, 2.05) is 0 Å². The van der Waals surface area contributed by atoms with E-state index in [2.05, 4.69) is 235 Å². The summed E-state index contributed by atoms with van der Waals surface area (Å²) in [5.74, 6) is 0.194. The minimum absolute atomic E-state index is 0.194. The summed E-state index contributed by atoms with van der Waals surface area (Å²) in [6.07, 6.45) is 0. The molecule has 2 aliphatic carbocycles. The van der Waals surface area contributed by atoms with Crippen LogP contribution in [0, 0.1) is 0 Å². The SMILES string of the molecule is c1ccc(-n2c3ccc(-c4ccc5c(c4)-c4ccccc4C5c4ccc5ccccc5c4)cc3c3ccc4c(c32)-c2ccccc2C4(c2ccccc2)c2ccccc2)cc1. The highest BCUT2D eigenvalue weighted by Gasteiger charge is 2.47. The van der Waals surface area contributed by atoms with Gasteiger partial charge in [0.1, 0.15) is 0 Å². The summed E-state index contributed by atoms with van der Waals surface area (Å²) < 4.78 is 2.52. The summed E-state index contributed by atoms with van der Waals surface area (Å²) in [4.78, 5) is 0. The van der Waals surface area contributed by atoms with Crippen LogP contribution in [0.4, 0.5) is 0 Å². The molecular weight excluding hydrogens is 735 g/mol. The van der Waals surface area contributed by atoms with Gasteiger partial charge in [-0.05, 0) is 108 Å². The Morgan fingerprint density at radius 2 is 1.00 bits per heavy atom. The van der Waals surface area contributed by atoms with Crippen molar-refractivity contribution >= 4 is 32.6 Å². The average Bonchev–Trinajstić information content (AvgIpc) is 3.96. The zero-order valence-electron chi connectivity index (χ0n) is 33.5. The van der Waals surface area contributed by atoms with Gasteiger partial charge in [-0.25, -0.2) is 0 Å². The second-order valence-corrected chi connectivity index (χ2v) is 16.7. The Kier molecular flexibility index (Phi) is 7.35. The van der Waals surface area contributed by atoms with Crippen molar-refractivity contribution in [2.75, 3.05) is 0 Å². The summed E-state index contributed by atoms with van der Waals surface area (Å²) >= 11 is 0. The zero-order valence-corrected chi connectivity index (χ0v) is 33.5. The maximum atomic E-state index is 2.52. The molecule has 0 saturated carbocycles. The van der Waals surface area contributed by atoms with Crippen LogP contribution in [0.25, 0.3) is 71.6 Å². The van der Waals surface area contributed by atoms with Gasteiger partial charge >= 0.3 is 0 Å². The largest absolute Gasteiger partial charge is 0.309 e. The van der Waals surface area contributed by atoms with Gasteiger partial charge in [0.2, 0.25) is 0 Å². The lowest BCUT2D eigenvalue weighted by molar-refractivity contribution is 0.769. The van der Waals surface area contributed by atoms with Crippen molar-refractivity contribution in [3.63, 3.8) is 0 Å². The maximum absolute atomic E-state index is 2.52. The second kappa shape index (κ2) is 13.1. The average molecular weight is 774 g/mol. The van der Waals surface area contributed by atoms with E-state index < -0.39 is 5.41 Å². The van der Waals surface area contributed by atoms with Crippen molar-refractivity contribution in [3.05, 3.63) is 269 Å². The fourth-order valence-electron chi connectivity index (χ4n) is 11.2. The maximum Gasteiger partial charge on any atom is 0.0714 e. The second-order valence-electron chi connectivity index (χ2n) is 16.7. The van der Waals surface area contributed by atoms with Gasteiger partial charge < -0.3 is 4.57 Å². The highest BCUT2D eigenvalue weighted by atomic mass is 15.0. The van der Waals surface area contributed by atoms with E-state index in [-0.39, 0.29) is 5.92 Å². The van der Waals surface area contributed by atoms with Gasteiger partial charge in [-0.3, -0.25) is 0 Å². The molecule has 0 amide bonds. The van der Waals surface area contributed by atoms with E-state index in [1.165, 1.54) is 105 Å². The van der Waals surface area contributed by atoms with Crippen molar-refractivity contribution in [1.29, 1.82) is 0 Å². The van der Waals surface area contributed by atoms with Crippen LogP contribution < -0.4 is 0 Å². The molecule has 0 N–H and O–H groups in total. The van der Waals surface area contributed by atoms with E-state index in [0.717, 1.165) is 5.69 Å². The molecule has 1 unspecified atom stereocenters. The molecule has 10 aromatic carbocycles. The van der Waals surface area contributed by atoms with Gasteiger partial charge in [-0.2, -0.15) is 0 Å². The molecule has 0 aliphatic heterocycles. The first kappa shape index (κ1) is 34.2. The van der Waals surface area contributed by atoms with Crippen LogP contribution >= 0.6 is 0 Å². The molecule has 2 aliphatic rings. The topological polar surface area (TPSA) is 4.93 Å². The third-order valence-corrected chi connectivity index (χ3v) is 13.7. The molecule has 0 fully saturated rings. The van der Waals surface area contributed by atoms with E-state index in [0.29, 0.717) is 0 Å². The van der Waals surface area contributed by atoms with Gasteiger partial charge in [0.15, 0.2) is 0 Å². The monoisotopic (exact) mass is 773 g/mol. The Balaban J connectivity index is 1.04. The summed E-state index contributed by atoms with van der Waals surface area (Å²) in [6, 6.07) is 86.0. The lowest BCUT2D eigenvalue weighted by Crippen LogP contribution is -2.28. The molecule has 0 bridgehead atoms. The smallest absolute Gasteiger partial charge is 0.0714 e. The molecule has 11 aromatic rings. The number of hydrogen-bond acceptors (Lipinski definition) is 0. The first-order valence-electron chi connectivity index (χ1n) is 21.4. The summed E-state index contributed by atoms with van der Waals surface area (Å²) in [6.45, 7) is 0. The first-order valence-corrected chi connectivity index (χ1v) is 21.4. The molecular formula is C60H39N. The number of benzene rings is 10. The Bertz CT molecular complexity index is 3480. The van der Waals surface area contributed by atoms with Gasteiger partial charge in [0.05, 0.1) is 16.4 Å². The van der Waals surface area contributed by atoms with Crippen LogP contribution in [0.3, 0.4) is 0 Å². The van der Waals surface area contributed by atoms with Crippen molar-refractivity contribution < 1.29 is 0 Å². The summed E-state index contributed by atoms with van der Waals surface area (Å²) in [5, 5.41) is 5.07. The standard InChI is InChI=1S/C60H39N/c1-4-18-44(19-5-1)60(45-20-6-2-7-21-45)54-27-15-14-26-51(54)58-55(60)34-33-50-53-38-42(31-35-56(53)61(59(50)58)46-22-8-3-9-23-46)41-30-32-49-52(37-41)47-24-12-13-25-48(47)57(49)43-29-28-39-16-10-11-17-40(39)36-43/h1-38,57H. The Hall–Kier alpha value is -7.74. The molecule has 1 aromatic heterocycles. The van der Waals surface area contributed by atoms with Crippen molar-refractivity contribution in [3.8, 4) is 39.1 Å². The number of hydrogen-bond donors (Lipinski definition) is 0. The quantitative estimate of drug-likeness (QED) is 0.164. The Morgan fingerprint density at radius 1 is 0.377 bits per heavy atom. The van der Waals surface area contributed by atoms with Crippen LogP contribution in [0.1, 0.15) is 44.9 Å². The molecule has 0 spiro atoms. The highest BCUT2D eigenvalue weighted by Crippen LogP contribution is 2.59. The van der Waals surface area contributed by atoms with Gasteiger partial charge in [-0.1, -0.05) is 200 Å². The summed E-state index contributed by atoms with van der Waals surface area (Å²) in [7, 11) is 0. The van der Waals surface area contributed by atoms with Crippen LogP contribution in [0.2, 0.25) is 0 Å². The van der Waals surface area contributed by atoms with Crippen LogP contribution in [-0.4, -0.2) is 4.57 Å². The predicted molar refractivity (Wildman–Crippen MR) is 254 cm³/mol. The molecule has 1 heterocycles. The number of nitrogens with zero attached hydrogens (tertiary/aromatic N) is 1. The molecule has 0 saturated heterocycles. The number of rotatable bonds is 5. The predicted octanol–water partition coefficient (Wildman–Crippen LogP) is 15.1. The van der Waals surface area contributed by atoms with Gasteiger partial charge in [0.25, 0.3) is 0 Å². The molecule has 13 rings (SSSR count). The Labute approximate surface area is 355 Å². The first-order chi connectivity index (χ1) is 30.3. The minimum Gasteiger partial charge on any atom is -0.309 e. The van der Waals surface area contributed by atoms with Gasteiger partial charge in [0, 0.05) is 27.9 Å². The third kappa shape index (κ3) is 4.83.